The molecule has 0 spiro atoms. The third-order valence-corrected chi connectivity index (χ3v) is 3.43. The van der Waals surface area contributed by atoms with Gasteiger partial charge in [-0.3, -0.25) is 0 Å². The molecule has 0 aliphatic carbocycles. The van der Waals surface area contributed by atoms with E-state index in [2.05, 4.69) is 43.1 Å². The van der Waals surface area contributed by atoms with Crippen LogP contribution in [0.2, 0.25) is 0 Å². The fourth-order valence-corrected chi connectivity index (χ4v) is 2.64. The number of nitrogens with zero attached hydrogens (tertiary/aromatic N) is 1. The van der Waals surface area contributed by atoms with Crippen LogP contribution < -0.4 is 0 Å². The Morgan fingerprint density at radius 2 is 1.70 bits per heavy atom. The number of ether oxygens (including phenoxy) is 1. The lowest BCUT2D eigenvalue weighted by Crippen LogP contribution is -2.31. The summed E-state index contributed by atoms with van der Waals surface area (Å²) in [6.07, 6.45) is 3.71. The molecule has 1 heterocycles. The number of hydrogen-bond acceptors (Lipinski definition) is 2. The summed E-state index contributed by atoms with van der Waals surface area (Å²) in [6, 6.07) is 18.4. The minimum Gasteiger partial charge on any atom is -0.463 e. The van der Waals surface area contributed by atoms with Crippen LogP contribution in [0.4, 0.5) is 5.69 Å². The van der Waals surface area contributed by atoms with E-state index in [1.54, 1.807) is 6.40 Å². The lowest BCUT2D eigenvalue weighted by Gasteiger charge is -2.34. The van der Waals surface area contributed by atoms with Gasteiger partial charge < -0.3 is 4.74 Å². The molecule has 3 rings (SSSR count). The molecule has 2 nitrogen and oxygen atoms in total. The molecule has 0 fully saturated rings. The average molecular weight is 263 g/mol. The van der Waals surface area contributed by atoms with Crippen molar-refractivity contribution < 1.29 is 4.74 Å². The molecule has 1 aliphatic heterocycles. The van der Waals surface area contributed by atoms with E-state index in [0.29, 0.717) is 0 Å². The van der Waals surface area contributed by atoms with Crippen LogP contribution >= 0.6 is 0 Å². The van der Waals surface area contributed by atoms with E-state index < -0.39 is 5.60 Å². The monoisotopic (exact) mass is 263 g/mol. The molecule has 1 atom stereocenters. The molecule has 2 aromatic carbocycles. The van der Waals surface area contributed by atoms with Gasteiger partial charge in [-0.1, -0.05) is 54.1 Å². The zero-order valence-electron chi connectivity index (χ0n) is 11.7. The normalized spacial score (nSPS) is 19.9. The Bertz CT molecular complexity index is 669. The van der Waals surface area contributed by atoms with Crippen LogP contribution in [0.1, 0.15) is 25.0 Å². The Morgan fingerprint density at radius 1 is 1.00 bits per heavy atom. The highest BCUT2D eigenvalue weighted by Gasteiger charge is 2.37. The molecule has 2 aromatic rings. The summed E-state index contributed by atoms with van der Waals surface area (Å²) in [4.78, 5) is 4.34. The lowest BCUT2D eigenvalue weighted by molar-refractivity contribution is 0.155. The van der Waals surface area contributed by atoms with Crippen molar-refractivity contribution in [2.75, 3.05) is 0 Å². The quantitative estimate of drug-likeness (QED) is 0.726. The molecule has 2 heteroatoms. The summed E-state index contributed by atoms with van der Waals surface area (Å²) >= 11 is 0. The van der Waals surface area contributed by atoms with Crippen LogP contribution in [0.3, 0.4) is 0 Å². The van der Waals surface area contributed by atoms with Crippen LogP contribution in [-0.2, 0) is 10.3 Å². The van der Waals surface area contributed by atoms with Gasteiger partial charge in [0, 0.05) is 11.1 Å². The number of fused-ring (bicyclic) bond motifs is 1. The number of allylic oxidation sites excluding steroid dienone is 1. The number of aliphatic imine (C=N–C) groups is 1. The third kappa shape index (κ3) is 2.03. The number of benzene rings is 2. The highest BCUT2D eigenvalue weighted by molar-refractivity contribution is 5.68. The van der Waals surface area contributed by atoms with Gasteiger partial charge in [-0.25, -0.2) is 4.99 Å². The van der Waals surface area contributed by atoms with Crippen LogP contribution in [0.15, 0.2) is 71.2 Å². The molecule has 20 heavy (non-hydrogen) atoms. The molecule has 0 N–H and O–H groups in total. The first-order valence-corrected chi connectivity index (χ1v) is 6.74. The molecule has 1 aliphatic rings. The summed E-state index contributed by atoms with van der Waals surface area (Å²) in [7, 11) is 0. The molecule has 0 radical (unpaired) electrons. The maximum Gasteiger partial charge on any atom is 0.181 e. The second kappa shape index (κ2) is 4.97. The van der Waals surface area contributed by atoms with E-state index in [1.807, 2.05) is 36.4 Å². The van der Waals surface area contributed by atoms with Crippen molar-refractivity contribution in [3.63, 3.8) is 0 Å². The van der Waals surface area contributed by atoms with Crippen molar-refractivity contribution in [1.29, 1.82) is 0 Å². The van der Waals surface area contributed by atoms with Gasteiger partial charge in [0.2, 0.25) is 0 Å². The van der Waals surface area contributed by atoms with Gasteiger partial charge in [-0.15, -0.1) is 0 Å². The van der Waals surface area contributed by atoms with E-state index in [1.165, 1.54) is 5.57 Å². The second-order valence-electron chi connectivity index (χ2n) is 5.19. The topological polar surface area (TPSA) is 21.6 Å². The average Bonchev–Trinajstić information content (AvgIpc) is 2.48. The number of rotatable bonds is 2. The zero-order chi connectivity index (χ0) is 14.0. The third-order valence-electron chi connectivity index (χ3n) is 3.43. The summed E-state index contributed by atoms with van der Waals surface area (Å²) in [5.41, 5.74) is 3.77. The summed E-state index contributed by atoms with van der Waals surface area (Å²) < 4.78 is 6.02. The van der Waals surface area contributed by atoms with E-state index >= 15 is 0 Å². The standard InChI is InChI=1S/C18H17NO/c1-14(2)12-18(15-8-4-3-5-9-15)16-10-6-7-11-17(16)19-13-20-18/h3-13H,1-2H3. The van der Waals surface area contributed by atoms with Gasteiger partial charge in [0.1, 0.15) is 0 Å². The first-order chi connectivity index (χ1) is 9.72. The van der Waals surface area contributed by atoms with Gasteiger partial charge in [0.05, 0.1) is 5.69 Å². The summed E-state index contributed by atoms with van der Waals surface area (Å²) in [5.74, 6) is 0. The Hall–Kier alpha value is -2.35. The molecule has 0 aromatic heterocycles. The Labute approximate surface area is 119 Å². The zero-order valence-corrected chi connectivity index (χ0v) is 11.7. The van der Waals surface area contributed by atoms with Crippen molar-refractivity contribution in [1.82, 2.24) is 0 Å². The Kier molecular flexibility index (Phi) is 3.15. The maximum atomic E-state index is 6.02. The number of hydrogen-bond donors (Lipinski definition) is 0. The number of para-hydroxylation sites is 1. The maximum absolute atomic E-state index is 6.02. The van der Waals surface area contributed by atoms with Crippen molar-refractivity contribution in [2.24, 2.45) is 4.99 Å². The minimum absolute atomic E-state index is 0.585. The van der Waals surface area contributed by atoms with Gasteiger partial charge in [0.15, 0.2) is 12.0 Å². The SMILES string of the molecule is CC(C)=CC1(c2ccccc2)OC=Nc2ccccc21. The smallest absolute Gasteiger partial charge is 0.181 e. The Balaban J connectivity index is 2.28. The van der Waals surface area contributed by atoms with E-state index in [0.717, 1.165) is 16.8 Å². The predicted octanol–water partition coefficient (Wildman–Crippen LogP) is 4.59. The van der Waals surface area contributed by atoms with Crippen molar-refractivity contribution in [2.45, 2.75) is 19.4 Å². The van der Waals surface area contributed by atoms with Crippen LogP contribution in [-0.4, -0.2) is 6.40 Å². The molecule has 100 valence electrons. The van der Waals surface area contributed by atoms with Gasteiger partial charge in [-0.2, -0.15) is 0 Å². The highest BCUT2D eigenvalue weighted by Crippen LogP contribution is 2.42. The lowest BCUT2D eigenvalue weighted by atomic mass is 9.83. The largest absolute Gasteiger partial charge is 0.463 e. The van der Waals surface area contributed by atoms with Crippen molar-refractivity contribution in [3.8, 4) is 0 Å². The molecule has 0 saturated heterocycles. The van der Waals surface area contributed by atoms with Crippen molar-refractivity contribution in [3.05, 3.63) is 77.4 Å². The molecule has 0 amide bonds. The van der Waals surface area contributed by atoms with Gasteiger partial charge in [0.25, 0.3) is 0 Å². The molecular formula is C18H17NO. The first kappa shape index (κ1) is 12.7. The summed E-state index contributed by atoms with van der Waals surface area (Å²) in [5, 5.41) is 0. The molecular weight excluding hydrogens is 246 g/mol. The molecule has 0 bridgehead atoms. The Morgan fingerprint density at radius 3 is 2.45 bits per heavy atom. The fraction of sp³-hybridized carbons (Fsp3) is 0.167. The van der Waals surface area contributed by atoms with Crippen LogP contribution in [0.5, 0.6) is 0 Å². The minimum atomic E-state index is -0.585. The predicted molar refractivity (Wildman–Crippen MR) is 82.3 cm³/mol. The molecule has 0 saturated carbocycles. The molecule has 1 unspecified atom stereocenters. The second-order valence-corrected chi connectivity index (χ2v) is 5.19. The van der Waals surface area contributed by atoms with Crippen molar-refractivity contribution >= 4 is 12.1 Å². The van der Waals surface area contributed by atoms with Gasteiger partial charge >= 0.3 is 0 Å². The fourth-order valence-electron chi connectivity index (χ4n) is 2.64. The van der Waals surface area contributed by atoms with E-state index in [4.69, 9.17) is 4.74 Å². The summed E-state index contributed by atoms with van der Waals surface area (Å²) in [6.45, 7) is 4.17. The first-order valence-electron chi connectivity index (χ1n) is 6.74. The van der Waals surface area contributed by atoms with Crippen LogP contribution in [0.25, 0.3) is 0 Å². The van der Waals surface area contributed by atoms with Crippen LogP contribution in [0, 0.1) is 0 Å². The van der Waals surface area contributed by atoms with E-state index in [-0.39, 0.29) is 0 Å². The van der Waals surface area contributed by atoms with E-state index in [9.17, 15) is 0 Å². The highest BCUT2D eigenvalue weighted by atomic mass is 16.5. The van der Waals surface area contributed by atoms with Gasteiger partial charge in [-0.05, 0) is 26.0 Å².